The van der Waals surface area contributed by atoms with E-state index in [4.69, 9.17) is 4.74 Å². The normalized spacial score (nSPS) is 11.7. The molecule has 4 rings (SSSR count). The third-order valence-electron chi connectivity index (χ3n) is 6.40. The van der Waals surface area contributed by atoms with Gasteiger partial charge in [-0.25, -0.2) is 0 Å². The van der Waals surface area contributed by atoms with Gasteiger partial charge in [-0.05, 0) is 83.3 Å². The SMILES string of the molecule is CC(C)(C)c1ccc(Oc2cc(-c3ccc(OC(F)(F)F)cc3)ccc2NCCCCc2ccccc2)cc1. The smallest absolute Gasteiger partial charge is 0.455 e. The summed E-state index contributed by atoms with van der Waals surface area (Å²) in [4.78, 5) is 0. The van der Waals surface area contributed by atoms with Crippen molar-refractivity contribution in [3.63, 3.8) is 0 Å². The van der Waals surface area contributed by atoms with E-state index >= 15 is 0 Å². The molecule has 0 saturated carbocycles. The lowest BCUT2D eigenvalue weighted by Gasteiger charge is -2.20. The van der Waals surface area contributed by atoms with E-state index in [1.165, 1.54) is 23.3 Å². The number of hydrogen-bond donors (Lipinski definition) is 1. The van der Waals surface area contributed by atoms with E-state index in [0.29, 0.717) is 11.5 Å². The zero-order chi connectivity index (χ0) is 27.9. The molecule has 0 atom stereocenters. The van der Waals surface area contributed by atoms with Crippen LogP contribution in [0.3, 0.4) is 0 Å². The molecule has 204 valence electrons. The van der Waals surface area contributed by atoms with E-state index < -0.39 is 6.36 Å². The topological polar surface area (TPSA) is 30.5 Å². The molecule has 4 aromatic rings. The predicted octanol–water partition coefficient (Wildman–Crippen LogP) is 9.78. The third-order valence-corrected chi connectivity index (χ3v) is 6.40. The van der Waals surface area contributed by atoms with Gasteiger partial charge >= 0.3 is 6.36 Å². The van der Waals surface area contributed by atoms with Crippen LogP contribution in [0.2, 0.25) is 0 Å². The van der Waals surface area contributed by atoms with Crippen LogP contribution >= 0.6 is 0 Å². The average Bonchev–Trinajstić information content (AvgIpc) is 2.89. The van der Waals surface area contributed by atoms with E-state index in [1.54, 1.807) is 12.1 Å². The lowest BCUT2D eigenvalue weighted by molar-refractivity contribution is -0.274. The Morgan fingerprint density at radius 2 is 1.33 bits per heavy atom. The zero-order valence-electron chi connectivity index (χ0n) is 22.5. The first-order chi connectivity index (χ1) is 18.6. The first-order valence-corrected chi connectivity index (χ1v) is 13.1. The van der Waals surface area contributed by atoms with E-state index in [-0.39, 0.29) is 11.2 Å². The molecule has 0 radical (unpaired) electrons. The molecule has 0 aromatic heterocycles. The highest BCUT2D eigenvalue weighted by Crippen LogP contribution is 2.36. The highest BCUT2D eigenvalue weighted by molar-refractivity contribution is 5.71. The summed E-state index contributed by atoms with van der Waals surface area (Å²) in [6.07, 6.45) is -1.64. The molecule has 4 aromatic carbocycles. The van der Waals surface area contributed by atoms with Gasteiger partial charge in [0.15, 0.2) is 5.75 Å². The summed E-state index contributed by atoms with van der Waals surface area (Å²) < 4.78 is 48.0. The van der Waals surface area contributed by atoms with E-state index in [9.17, 15) is 13.2 Å². The first kappa shape index (κ1) is 28.1. The molecule has 39 heavy (non-hydrogen) atoms. The number of benzene rings is 4. The van der Waals surface area contributed by atoms with Crippen LogP contribution in [0.1, 0.15) is 44.7 Å². The fraction of sp³-hybridized carbons (Fsp3) is 0.273. The Morgan fingerprint density at radius 1 is 0.692 bits per heavy atom. The number of ether oxygens (including phenoxy) is 2. The van der Waals surface area contributed by atoms with Crippen LogP contribution in [0.5, 0.6) is 17.2 Å². The van der Waals surface area contributed by atoms with Crippen molar-refractivity contribution in [1.82, 2.24) is 0 Å². The van der Waals surface area contributed by atoms with Crippen LogP contribution in [-0.4, -0.2) is 12.9 Å². The molecule has 3 nitrogen and oxygen atoms in total. The molecule has 0 amide bonds. The van der Waals surface area contributed by atoms with Gasteiger partial charge in [-0.2, -0.15) is 0 Å². The maximum absolute atomic E-state index is 12.6. The van der Waals surface area contributed by atoms with Crippen LogP contribution in [0.25, 0.3) is 11.1 Å². The van der Waals surface area contributed by atoms with E-state index in [0.717, 1.165) is 42.6 Å². The molecule has 0 spiro atoms. The van der Waals surface area contributed by atoms with Crippen LogP contribution in [-0.2, 0) is 11.8 Å². The van der Waals surface area contributed by atoms with E-state index in [2.05, 4.69) is 67.2 Å². The second kappa shape index (κ2) is 12.3. The summed E-state index contributed by atoms with van der Waals surface area (Å²) in [5.74, 6) is 1.10. The van der Waals surface area contributed by atoms with Crippen LogP contribution in [0.4, 0.5) is 18.9 Å². The van der Waals surface area contributed by atoms with Gasteiger partial charge in [0, 0.05) is 6.54 Å². The van der Waals surface area contributed by atoms with Gasteiger partial charge in [0.05, 0.1) is 5.69 Å². The number of nitrogens with one attached hydrogen (secondary N) is 1. The Hall–Kier alpha value is -3.93. The summed E-state index contributed by atoms with van der Waals surface area (Å²) in [5.41, 5.74) is 5.01. The van der Waals surface area contributed by atoms with Crippen molar-refractivity contribution in [3.8, 4) is 28.4 Å². The van der Waals surface area contributed by atoms with Gasteiger partial charge in [-0.3, -0.25) is 0 Å². The molecule has 0 aliphatic rings. The second-order valence-corrected chi connectivity index (χ2v) is 10.5. The summed E-state index contributed by atoms with van der Waals surface area (Å²) >= 11 is 0. The van der Waals surface area contributed by atoms with Crippen LogP contribution in [0.15, 0.2) is 97.1 Å². The quantitative estimate of drug-likeness (QED) is 0.206. The third kappa shape index (κ3) is 8.54. The Morgan fingerprint density at radius 3 is 1.97 bits per heavy atom. The van der Waals surface area contributed by atoms with Gasteiger partial charge in [0.2, 0.25) is 0 Å². The maximum atomic E-state index is 12.6. The highest BCUT2D eigenvalue weighted by atomic mass is 19.4. The van der Waals surface area contributed by atoms with Gasteiger partial charge in [-0.15, -0.1) is 13.2 Å². The number of rotatable bonds is 10. The average molecular weight is 534 g/mol. The van der Waals surface area contributed by atoms with E-state index in [1.807, 2.05) is 36.4 Å². The number of aryl methyl sites for hydroxylation is 1. The number of halogens is 3. The second-order valence-electron chi connectivity index (χ2n) is 10.5. The Labute approximate surface area is 228 Å². The molecule has 0 bridgehead atoms. The standard InChI is InChI=1S/C33H34F3NO2/c1-32(2,3)27-15-19-28(20-16-27)38-31-23-26(25-12-17-29(18-13-25)39-33(34,35)36)14-21-30(31)37-22-8-7-11-24-9-5-4-6-10-24/h4-6,9-10,12-21,23,37H,7-8,11,22H2,1-3H3. The van der Waals surface area contributed by atoms with Crippen molar-refractivity contribution in [2.75, 3.05) is 11.9 Å². The Bertz CT molecular complexity index is 1330. The van der Waals surface area contributed by atoms with Crippen molar-refractivity contribution in [2.45, 2.75) is 51.8 Å². The number of hydrogen-bond acceptors (Lipinski definition) is 3. The first-order valence-electron chi connectivity index (χ1n) is 13.1. The van der Waals surface area contributed by atoms with Gasteiger partial charge in [-0.1, -0.05) is 81.4 Å². The van der Waals surface area contributed by atoms with Gasteiger partial charge in [0.1, 0.15) is 11.5 Å². The molecule has 0 heterocycles. The summed E-state index contributed by atoms with van der Waals surface area (Å²) in [7, 11) is 0. The Balaban J connectivity index is 1.50. The minimum absolute atomic E-state index is 0.0346. The fourth-order valence-electron chi connectivity index (χ4n) is 4.25. The van der Waals surface area contributed by atoms with Crippen LogP contribution < -0.4 is 14.8 Å². The molecule has 0 saturated heterocycles. The predicted molar refractivity (Wildman–Crippen MR) is 152 cm³/mol. The molecule has 0 fully saturated rings. The lowest BCUT2D eigenvalue weighted by Crippen LogP contribution is -2.16. The summed E-state index contributed by atoms with van der Waals surface area (Å²) in [5, 5.41) is 3.50. The zero-order valence-corrected chi connectivity index (χ0v) is 22.5. The maximum Gasteiger partial charge on any atom is 0.573 e. The molecule has 6 heteroatoms. The fourth-order valence-corrected chi connectivity index (χ4v) is 4.25. The molecular formula is C33H34F3NO2. The molecular weight excluding hydrogens is 499 g/mol. The molecule has 0 aliphatic carbocycles. The highest BCUT2D eigenvalue weighted by Gasteiger charge is 2.31. The van der Waals surface area contributed by atoms with Crippen molar-refractivity contribution in [2.24, 2.45) is 0 Å². The Kier molecular flexibility index (Phi) is 8.85. The lowest BCUT2D eigenvalue weighted by atomic mass is 9.87. The van der Waals surface area contributed by atoms with Crippen molar-refractivity contribution < 1.29 is 22.6 Å². The number of unbranched alkanes of at least 4 members (excludes halogenated alkanes) is 1. The minimum Gasteiger partial charge on any atom is -0.455 e. The molecule has 0 unspecified atom stereocenters. The monoisotopic (exact) mass is 533 g/mol. The van der Waals surface area contributed by atoms with Crippen molar-refractivity contribution in [1.29, 1.82) is 0 Å². The van der Waals surface area contributed by atoms with Crippen LogP contribution in [0, 0.1) is 0 Å². The molecule has 0 aliphatic heterocycles. The van der Waals surface area contributed by atoms with Crippen molar-refractivity contribution >= 4 is 5.69 Å². The van der Waals surface area contributed by atoms with Gasteiger partial charge in [0.25, 0.3) is 0 Å². The van der Waals surface area contributed by atoms with Gasteiger partial charge < -0.3 is 14.8 Å². The summed E-state index contributed by atoms with van der Waals surface area (Å²) in [6.45, 7) is 7.28. The number of alkyl halides is 3. The number of anilines is 1. The largest absolute Gasteiger partial charge is 0.573 e. The minimum atomic E-state index is -4.72. The molecule has 1 N–H and O–H groups in total. The van der Waals surface area contributed by atoms with Crippen molar-refractivity contribution in [3.05, 3.63) is 108 Å². The summed E-state index contributed by atoms with van der Waals surface area (Å²) in [6, 6.07) is 30.1.